The molecule has 9 nitrogen and oxygen atoms in total. The van der Waals surface area contributed by atoms with Crippen molar-refractivity contribution >= 4 is 23.0 Å². The van der Waals surface area contributed by atoms with E-state index in [2.05, 4.69) is 48.3 Å². The Labute approximate surface area is 222 Å². The molecule has 1 aliphatic carbocycles. The van der Waals surface area contributed by atoms with Gasteiger partial charge in [-0.3, -0.25) is 4.90 Å². The molecule has 0 spiro atoms. The molecule has 0 unspecified atom stereocenters. The average Bonchev–Trinajstić information content (AvgIpc) is 3.61. The molecule has 3 aromatic rings. The number of methoxy groups -OCH3 is 1. The summed E-state index contributed by atoms with van der Waals surface area (Å²) in [6, 6.07) is 12.3. The fraction of sp³-hybridized carbons (Fsp3) is 0.500. The van der Waals surface area contributed by atoms with E-state index >= 15 is 0 Å². The zero-order valence-electron chi connectivity index (χ0n) is 21.7. The zero-order valence-corrected chi connectivity index (χ0v) is 21.7. The van der Waals surface area contributed by atoms with Gasteiger partial charge in [0.25, 0.3) is 0 Å². The van der Waals surface area contributed by atoms with E-state index in [1.807, 2.05) is 6.07 Å². The molecule has 0 amide bonds. The van der Waals surface area contributed by atoms with Gasteiger partial charge in [0, 0.05) is 63.4 Å². The average molecular weight is 520 g/mol. The van der Waals surface area contributed by atoms with Gasteiger partial charge in [-0.05, 0) is 60.7 Å². The number of halogens is 1. The van der Waals surface area contributed by atoms with Crippen LogP contribution >= 0.6 is 0 Å². The number of ether oxygens (including phenoxy) is 2. The van der Waals surface area contributed by atoms with Crippen LogP contribution in [0, 0.1) is 5.82 Å². The third kappa shape index (κ3) is 4.83. The maximum absolute atomic E-state index is 14.5. The Bertz CT molecular complexity index is 1290. The molecule has 3 aliphatic heterocycles. The summed E-state index contributed by atoms with van der Waals surface area (Å²) < 4.78 is 26.8. The lowest BCUT2D eigenvalue weighted by Gasteiger charge is -2.43. The number of nitrogens with one attached hydrogen (secondary N) is 1. The molecule has 0 radical (unpaired) electrons. The Morgan fingerprint density at radius 1 is 0.921 bits per heavy atom. The number of hydrogen-bond donors (Lipinski definition) is 1. The van der Waals surface area contributed by atoms with Crippen molar-refractivity contribution in [1.29, 1.82) is 0 Å². The summed E-state index contributed by atoms with van der Waals surface area (Å²) in [5.41, 5.74) is 5.08. The highest BCUT2D eigenvalue weighted by Gasteiger charge is 2.30. The summed E-state index contributed by atoms with van der Waals surface area (Å²) in [5, 5.41) is 8.03. The van der Waals surface area contributed by atoms with Crippen LogP contribution < -0.4 is 15.1 Å². The molecule has 0 atom stereocenters. The first kappa shape index (κ1) is 23.9. The molecular formula is C28H34FN7O2. The minimum absolute atomic E-state index is 0.196. The third-order valence-corrected chi connectivity index (χ3v) is 8.23. The molecule has 200 valence electrons. The van der Waals surface area contributed by atoms with E-state index in [1.165, 1.54) is 30.2 Å². The first-order valence-corrected chi connectivity index (χ1v) is 13.6. The standard InChI is InChI=1S/C28H34FN7O2/c1-37-27-14-35(15-27)24-10-21(29)11-25(13-24)36-18-30-28(32-36)31-22-8-20(19-2-3-19)9-23(12-22)33-4-6-34(7-5-33)26-16-38-17-26/h8-13,18-19,26-27H,2-7,14-17H2,1H3,(H,31,32). The Morgan fingerprint density at radius 2 is 1.68 bits per heavy atom. The number of aromatic nitrogens is 3. The van der Waals surface area contributed by atoms with Gasteiger partial charge in [-0.2, -0.15) is 4.98 Å². The molecule has 3 saturated heterocycles. The summed E-state index contributed by atoms with van der Waals surface area (Å²) in [4.78, 5) is 11.6. The minimum atomic E-state index is -0.296. The number of benzene rings is 2. The van der Waals surface area contributed by atoms with Crippen LogP contribution in [0.25, 0.3) is 5.69 Å². The number of rotatable bonds is 8. The molecule has 1 N–H and O–H groups in total. The van der Waals surface area contributed by atoms with Crippen LogP contribution in [0.5, 0.6) is 0 Å². The molecule has 0 bridgehead atoms. The van der Waals surface area contributed by atoms with Gasteiger partial charge in [-0.25, -0.2) is 9.07 Å². The number of piperazine rings is 1. The van der Waals surface area contributed by atoms with Gasteiger partial charge in [0.15, 0.2) is 0 Å². The molecule has 10 heteroatoms. The Balaban J connectivity index is 1.08. The molecule has 7 rings (SSSR count). The summed E-state index contributed by atoms with van der Waals surface area (Å²) in [5.74, 6) is 0.836. The van der Waals surface area contributed by atoms with Gasteiger partial charge in [0.05, 0.1) is 31.0 Å². The molecule has 2 aromatic carbocycles. The maximum Gasteiger partial charge on any atom is 0.246 e. The zero-order chi connectivity index (χ0) is 25.6. The smallest absolute Gasteiger partial charge is 0.246 e. The Hall–Kier alpha value is -3.21. The lowest BCUT2D eigenvalue weighted by molar-refractivity contribution is -0.0660. The molecule has 4 aliphatic rings. The van der Waals surface area contributed by atoms with Crippen LogP contribution in [0.3, 0.4) is 0 Å². The second-order valence-corrected chi connectivity index (χ2v) is 10.9. The molecule has 4 fully saturated rings. The lowest BCUT2D eigenvalue weighted by Crippen LogP contribution is -2.56. The van der Waals surface area contributed by atoms with Gasteiger partial charge in [-0.15, -0.1) is 5.10 Å². The predicted octanol–water partition coefficient (Wildman–Crippen LogP) is 3.38. The van der Waals surface area contributed by atoms with E-state index in [9.17, 15) is 4.39 Å². The highest BCUT2D eigenvalue weighted by molar-refractivity contribution is 5.65. The van der Waals surface area contributed by atoms with E-state index in [4.69, 9.17) is 9.47 Å². The molecule has 1 aromatic heterocycles. The van der Waals surface area contributed by atoms with Crippen molar-refractivity contribution in [3.05, 3.63) is 54.1 Å². The number of nitrogens with zero attached hydrogens (tertiary/aromatic N) is 6. The van der Waals surface area contributed by atoms with E-state index < -0.39 is 0 Å². The van der Waals surface area contributed by atoms with Crippen molar-refractivity contribution in [3.63, 3.8) is 0 Å². The van der Waals surface area contributed by atoms with Gasteiger partial charge in [-0.1, -0.05) is 0 Å². The SMILES string of the molecule is COC1CN(c2cc(F)cc(-n3cnc(Nc4cc(C5CC5)cc(N5CCN(C6COC6)CC5)c4)n3)c2)C1. The highest BCUT2D eigenvalue weighted by atomic mass is 19.1. The minimum Gasteiger partial charge on any atom is -0.378 e. The van der Waals surface area contributed by atoms with Crippen molar-refractivity contribution in [3.8, 4) is 5.69 Å². The van der Waals surface area contributed by atoms with Crippen LogP contribution in [0.15, 0.2) is 42.7 Å². The van der Waals surface area contributed by atoms with Crippen LogP contribution in [0.2, 0.25) is 0 Å². The van der Waals surface area contributed by atoms with E-state index in [1.54, 1.807) is 24.2 Å². The quantitative estimate of drug-likeness (QED) is 0.486. The summed E-state index contributed by atoms with van der Waals surface area (Å²) >= 11 is 0. The summed E-state index contributed by atoms with van der Waals surface area (Å²) in [7, 11) is 1.71. The molecule has 1 saturated carbocycles. The second-order valence-electron chi connectivity index (χ2n) is 10.9. The van der Waals surface area contributed by atoms with Gasteiger partial charge in [0.1, 0.15) is 12.1 Å². The summed E-state index contributed by atoms with van der Waals surface area (Å²) in [6.45, 7) is 7.41. The van der Waals surface area contributed by atoms with Crippen LogP contribution in [0.1, 0.15) is 24.3 Å². The first-order valence-electron chi connectivity index (χ1n) is 13.6. The fourth-order valence-electron chi connectivity index (χ4n) is 5.57. The Kier molecular flexibility index (Phi) is 6.18. The first-order chi connectivity index (χ1) is 18.6. The monoisotopic (exact) mass is 519 g/mol. The third-order valence-electron chi connectivity index (χ3n) is 8.23. The number of anilines is 4. The predicted molar refractivity (Wildman–Crippen MR) is 144 cm³/mol. The topological polar surface area (TPSA) is 70.9 Å². The van der Waals surface area contributed by atoms with Crippen LogP contribution in [-0.4, -0.2) is 91.4 Å². The normalized spacial score (nSPS) is 20.9. The highest BCUT2D eigenvalue weighted by Crippen LogP contribution is 2.42. The second kappa shape index (κ2) is 9.83. The Morgan fingerprint density at radius 3 is 2.39 bits per heavy atom. The van der Waals surface area contributed by atoms with Crippen LogP contribution in [0.4, 0.5) is 27.4 Å². The van der Waals surface area contributed by atoms with E-state index in [-0.39, 0.29) is 11.9 Å². The maximum atomic E-state index is 14.5. The largest absolute Gasteiger partial charge is 0.378 e. The van der Waals surface area contributed by atoms with Crippen molar-refractivity contribution < 1.29 is 13.9 Å². The fourth-order valence-corrected chi connectivity index (χ4v) is 5.57. The van der Waals surface area contributed by atoms with Crippen LogP contribution in [-0.2, 0) is 9.47 Å². The van der Waals surface area contributed by atoms with Gasteiger partial charge >= 0.3 is 0 Å². The lowest BCUT2D eigenvalue weighted by atomic mass is 10.1. The van der Waals surface area contributed by atoms with Crippen molar-refractivity contribution in [1.82, 2.24) is 19.7 Å². The van der Waals surface area contributed by atoms with Crippen molar-refractivity contribution in [2.45, 2.75) is 30.9 Å². The van der Waals surface area contributed by atoms with E-state index in [0.29, 0.717) is 23.6 Å². The summed E-state index contributed by atoms with van der Waals surface area (Å²) in [6.07, 6.45) is 4.32. The molecule has 38 heavy (non-hydrogen) atoms. The van der Waals surface area contributed by atoms with Gasteiger partial charge < -0.3 is 24.6 Å². The molecular weight excluding hydrogens is 485 g/mol. The van der Waals surface area contributed by atoms with Crippen molar-refractivity contribution in [2.24, 2.45) is 0 Å². The number of hydrogen-bond acceptors (Lipinski definition) is 8. The van der Waals surface area contributed by atoms with E-state index in [0.717, 1.165) is 63.9 Å². The van der Waals surface area contributed by atoms with Gasteiger partial charge in [0.2, 0.25) is 5.95 Å². The van der Waals surface area contributed by atoms with Crippen molar-refractivity contribution in [2.75, 3.05) is 74.7 Å². The molecule has 4 heterocycles.